The monoisotopic (exact) mass is 273 g/mol. The number of hydrogen-bond acceptors (Lipinski definition) is 3. The smallest absolute Gasteiger partial charge is 0.320 e. The molecule has 0 aromatic heterocycles. The summed E-state index contributed by atoms with van der Waals surface area (Å²) in [5.74, 6) is -0.714. The summed E-state index contributed by atoms with van der Waals surface area (Å²) in [4.78, 5) is 11.2. The van der Waals surface area contributed by atoms with Crippen molar-refractivity contribution < 1.29 is 15.0 Å². The fourth-order valence-electron chi connectivity index (χ4n) is 2.33. The van der Waals surface area contributed by atoms with Crippen molar-refractivity contribution in [3.8, 4) is 5.75 Å². The summed E-state index contributed by atoms with van der Waals surface area (Å²) in [6.45, 7) is 4.03. The summed E-state index contributed by atoms with van der Waals surface area (Å²) in [6, 6.07) is 10.6. The third kappa shape index (κ3) is 2.91. The highest BCUT2D eigenvalue weighted by Gasteiger charge is 2.21. The molecule has 0 heterocycles. The van der Waals surface area contributed by atoms with Gasteiger partial charge in [0.15, 0.2) is 0 Å². The van der Waals surface area contributed by atoms with E-state index >= 15 is 0 Å². The fraction of sp³-hybridized carbons (Fsp3) is 0.312. The minimum Gasteiger partial charge on any atom is -0.508 e. The zero-order valence-corrected chi connectivity index (χ0v) is 11.6. The van der Waals surface area contributed by atoms with Gasteiger partial charge in [-0.05, 0) is 22.8 Å². The summed E-state index contributed by atoms with van der Waals surface area (Å²) in [7, 11) is 0. The van der Waals surface area contributed by atoms with Gasteiger partial charge in [0.25, 0.3) is 0 Å². The normalized spacial score (nSPS) is 12.8. The molecule has 2 aromatic rings. The Morgan fingerprint density at radius 3 is 2.55 bits per heavy atom. The summed E-state index contributed by atoms with van der Waals surface area (Å²) in [6.07, 6.45) is 0. The van der Waals surface area contributed by atoms with Crippen molar-refractivity contribution in [1.29, 1.82) is 0 Å². The first kappa shape index (κ1) is 14.3. The number of phenols is 1. The second-order valence-corrected chi connectivity index (χ2v) is 5.23. The number of phenolic OH excluding ortho intramolecular Hbond substituents is 1. The summed E-state index contributed by atoms with van der Waals surface area (Å²) in [5, 5.41) is 24.2. The fourth-order valence-corrected chi connectivity index (χ4v) is 2.33. The van der Waals surface area contributed by atoms with E-state index < -0.39 is 12.0 Å². The lowest BCUT2D eigenvalue weighted by atomic mass is 10.0. The zero-order chi connectivity index (χ0) is 14.7. The van der Waals surface area contributed by atoms with Crippen LogP contribution in [-0.2, 0) is 11.3 Å². The number of carboxylic acid groups (broad SMARTS) is 1. The van der Waals surface area contributed by atoms with Crippen molar-refractivity contribution in [3.05, 3.63) is 42.0 Å². The number of aromatic hydroxyl groups is 1. The predicted octanol–water partition coefficient (Wildman–Crippen LogP) is 2.74. The van der Waals surface area contributed by atoms with Crippen molar-refractivity contribution in [2.45, 2.75) is 26.4 Å². The number of carboxylic acids is 1. The van der Waals surface area contributed by atoms with Gasteiger partial charge in [-0.1, -0.05) is 44.2 Å². The molecule has 0 saturated carbocycles. The van der Waals surface area contributed by atoms with E-state index in [-0.39, 0.29) is 11.7 Å². The number of nitrogens with one attached hydrogen (secondary N) is 1. The summed E-state index contributed by atoms with van der Waals surface area (Å²) < 4.78 is 0. The van der Waals surface area contributed by atoms with Crippen molar-refractivity contribution in [1.82, 2.24) is 5.32 Å². The molecule has 4 nitrogen and oxygen atoms in total. The van der Waals surface area contributed by atoms with Gasteiger partial charge < -0.3 is 10.2 Å². The average Bonchev–Trinajstić information content (AvgIpc) is 2.40. The Hall–Kier alpha value is -2.07. The highest BCUT2D eigenvalue weighted by Crippen LogP contribution is 2.27. The molecule has 0 aliphatic carbocycles. The number of rotatable bonds is 5. The SMILES string of the molecule is CC(C)[C@H](NCc1c(O)ccc2ccccc12)C(=O)O. The third-order valence-electron chi connectivity index (χ3n) is 3.45. The summed E-state index contributed by atoms with van der Waals surface area (Å²) >= 11 is 0. The van der Waals surface area contributed by atoms with Crippen LogP contribution >= 0.6 is 0 Å². The molecule has 1 atom stereocenters. The van der Waals surface area contributed by atoms with E-state index in [1.807, 2.05) is 44.2 Å². The summed E-state index contributed by atoms with van der Waals surface area (Å²) in [5.41, 5.74) is 0.731. The van der Waals surface area contributed by atoms with Gasteiger partial charge in [-0.2, -0.15) is 0 Å². The van der Waals surface area contributed by atoms with Crippen LogP contribution in [0.25, 0.3) is 10.8 Å². The standard InChI is InChI=1S/C16H19NO3/c1-10(2)15(16(19)20)17-9-13-12-6-4-3-5-11(12)7-8-14(13)18/h3-8,10,15,17-18H,9H2,1-2H3,(H,19,20)/t15-/m0/s1. The quantitative estimate of drug-likeness (QED) is 0.783. The van der Waals surface area contributed by atoms with Gasteiger partial charge in [-0.3, -0.25) is 10.1 Å². The maximum atomic E-state index is 11.2. The van der Waals surface area contributed by atoms with E-state index in [9.17, 15) is 15.0 Å². The molecule has 4 heteroatoms. The largest absolute Gasteiger partial charge is 0.508 e. The molecule has 0 spiro atoms. The molecular weight excluding hydrogens is 254 g/mol. The molecule has 2 aromatic carbocycles. The first-order valence-electron chi connectivity index (χ1n) is 6.66. The molecule has 106 valence electrons. The molecule has 0 saturated heterocycles. The van der Waals surface area contributed by atoms with Crippen LogP contribution in [0.4, 0.5) is 0 Å². The molecule has 0 radical (unpaired) electrons. The van der Waals surface area contributed by atoms with Gasteiger partial charge in [0.1, 0.15) is 11.8 Å². The van der Waals surface area contributed by atoms with E-state index in [1.54, 1.807) is 6.07 Å². The topological polar surface area (TPSA) is 69.6 Å². The number of hydrogen-bond donors (Lipinski definition) is 3. The van der Waals surface area contributed by atoms with Crippen molar-refractivity contribution in [3.63, 3.8) is 0 Å². The van der Waals surface area contributed by atoms with Crippen LogP contribution in [0.5, 0.6) is 5.75 Å². The van der Waals surface area contributed by atoms with Crippen LogP contribution in [0, 0.1) is 5.92 Å². The molecule has 3 N–H and O–H groups in total. The Labute approximate surface area is 118 Å². The lowest BCUT2D eigenvalue weighted by Crippen LogP contribution is -2.40. The highest BCUT2D eigenvalue weighted by atomic mass is 16.4. The maximum absolute atomic E-state index is 11.2. The van der Waals surface area contributed by atoms with Crippen molar-refractivity contribution >= 4 is 16.7 Å². The Kier molecular flexibility index (Phi) is 4.25. The molecular formula is C16H19NO3. The molecule has 20 heavy (non-hydrogen) atoms. The average molecular weight is 273 g/mol. The maximum Gasteiger partial charge on any atom is 0.320 e. The van der Waals surface area contributed by atoms with Gasteiger partial charge in [-0.25, -0.2) is 0 Å². The van der Waals surface area contributed by atoms with Crippen LogP contribution < -0.4 is 5.32 Å². The van der Waals surface area contributed by atoms with Gasteiger partial charge >= 0.3 is 5.97 Å². The Morgan fingerprint density at radius 1 is 1.20 bits per heavy atom. The lowest BCUT2D eigenvalue weighted by Gasteiger charge is -2.19. The van der Waals surface area contributed by atoms with Crippen molar-refractivity contribution in [2.75, 3.05) is 0 Å². The molecule has 0 amide bonds. The van der Waals surface area contributed by atoms with E-state index in [2.05, 4.69) is 5.32 Å². The number of aliphatic carboxylic acids is 1. The molecule has 0 aliphatic heterocycles. The van der Waals surface area contributed by atoms with Crippen LogP contribution in [0.3, 0.4) is 0 Å². The second-order valence-electron chi connectivity index (χ2n) is 5.23. The van der Waals surface area contributed by atoms with E-state index in [0.717, 1.165) is 16.3 Å². The molecule has 2 rings (SSSR count). The minimum atomic E-state index is -0.875. The van der Waals surface area contributed by atoms with Crippen molar-refractivity contribution in [2.24, 2.45) is 5.92 Å². The predicted molar refractivity (Wildman–Crippen MR) is 78.7 cm³/mol. The van der Waals surface area contributed by atoms with Crippen LogP contribution in [0.2, 0.25) is 0 Å². The zero-order valence-electron chi connectivity index (χ0n) is 11.6. The molecule has 0 bridgehead atoms. The molecule has 0 fully saturated rings. The van der Waals surface area contributed by atoms with E-state index in [1.165, 1.54) is 0 Å². The third-order valence-corrected chi connectivity index (χ3v) is 3.45. The van der Waals surface area contributed by atoms with Crippen LogP contribution in [-0.4, -0.2) is 22.2 Å². The number of carbonyl (C=O) groups is 1. The van der Waals surface area contributed by atoms with Crippen LogP contribution in [0.1, 0.15) is 19.4 Å². The molecule has 0 unspecified atom stereocenters. The Morgan fingerprint density at radius 2 is 1.90 bits per heavy atom. The molecule has 0 aliphatic rings. The number of benzene rings is 2. The first-order valence-corrected chi connectivity index (χ1v) is 6.66. The Bertz CT molecular complexity index is 622. The van der Waals surface area contributed by atoms with E-state index in [4.69, 9.17) is 0 Å². The second kappa shape index (κ2) is 5.92. The highest BCUT2D eigenvalue weighted by molar-refractivity contribution is 5.87. The number of fused-ring (bicyclic) bond motifs is 1. The van der Waals surface area contributed by atoms with Gasteiger partial charge in [-0.15, -0.1) is 0 Å². The first-order chi connectivity index (χ1) is 9.50. The Balaban J connectivity index is 2.29. The van der Waals surface area contributed by atoms with Gasteiger partial charge in [0.05, 0.1) is 0 Å². The van der Waals surface area contributed by atoms with Crippen LogP contribution in [0.15, 0.2) is 36.4 Å². The van der Waals surface area contributed by atoms with E-state index in [0.29, 0.717) is 6.54 Å². The van der Waals surface area contributed by atoms with Gasteiger partial charge in [0, 0.05) is 12.1 Å². The minimum absolute atomic E-state index is 0.0235. The lowest BCUT2D eigenvalue weighted by molar-refractivity contribution is -0.140. The van der Waals surface area contributed by atoms with Gasteiger partial charge in [0.2, 0.25) is 0 Å².